The summed E-state index contributed by atoms with van der Waals surface area (Å²) in [4.78, 5) is 7.88. The normalized spacial score (nSPS) is 12.4. The predicted octanol–water partition coefficient (Wildman–Crippen LogP) is 1.38. The number of nitrogens with zero attached hydrogens (tertiary/aromatic N) is 4. The Morgan fingerprint density at radius 1 is 1.27 bits per heavy atom. The second-order valence-corrected chi connectivity index (χ2v) is 3.44. The highest BCUT2D eigenvalue weighted by Crippen LogP contribution is 2.16. The van der Waals surface area contributed by atoms with Crippen molar-refractivity contribution < 1.29 is 0 Å². The van der Waals surface area contributed by atoms with Gasteiger partial charge in [-0.15, -0.1) is 0 Å². The van der Waals surface area contributed by atoms with Crippen LogP contribution >= 0.6 is 0 Å². The van der Waals surface area contributed by atoms with Gasteiger partial charge in [0.15, 0.2) is 0 Å². The van der Waals surface area contributed by atoms with Crippen molar-refractivity contribution in [3.05, 3.63) is 36.7 Å². The molecule has 78 valence electrons. The number of hydrogen-bond donors (Lipinski definition) is 1. The fraction of sp³-hybridized carbons (Fsp3) is 0.300. The van der Waals surface area contributed by atoms with Crippen LogP contribution in [0.3, 0.4) is 0 Å². The highest BCUT2D eigenvalue weighted by atomic mass is 15.2. The summed E-state index contributed by atoms with van der Waals surface area (Å²) in [5.74, 6) is 0. The first-order chi connectivity index (χ1) is 7.25. The minimum absolute atomic E-state index is 0.199. The van der Waals surface area contributed by atoms with Crippen LogP contribution in [-0.2, 0) is 7.05 Å². The average Bonchev–Trinajstić information content (AvgIpc) is 2.66. The van der Waals surface area contributed by atoms with E-state index in [1.807, 2.05) is 19.4 Å². The van der Waals surface area contributed by atoms with E-state index in [2.05, 4.69) is 27.3 Å². The number of hydrogen-bond acceptors (Lipinski definition) is 4. The van der Waals surface area contributed by atoms with Crippen LogP contribution < -0.4 is 5.32 Å². The number of anilines is 1. The largest absolute Gasteiger partial charge is 0.376 e. The van der Waals surface area contributed by atoms with Crippen LogP contribution in [0.5, 0.6) is 0 Å². The minimum Gasteiger partial charge on any atom is -0.376 e. The Morgan fingerprint density at radius 3 is 2.60 bits per heavy atom. The summed E-state index contributed by atoms with van der Waals surface area (Å²) < 4.78 is 1.79. The van der Waals surface area contributed by atoms with Crippen molar-refractivity contribution in [1.29, 1.82) is 0 Å². The number of aromatic nitrogens is 4. The monoisotopic (exact) mass is 203 g/mol. The molecule has 1 N–H and O–H groups in total. The first-order valence-corrected chi connectivity index (χ1v) is 4.76. The molecule has 15 heavy (non-hydrogen) atoms. The van der Waals surface area contributed by atoms with E-state index in [9.17, 15) is 0 Å². The molecule has 2 rings (SSSR count). The summed E-state index contributed by atoms with van der Waals surface area (Å²) in [5, 5.41) is 7.42. The lowest BCUT2D eigenvalue weighted by Crippen LogP contribution is -2.06. The highest BCUT2D eigenvalue weighted by Gasteiger charge is 2.06. The van der Waals surface area contributed by atoms with Gasteiger partial charge in [0.1, 0.15) is 6.33 Å². The van der Waals surface area contributed by atoms with E-state index in [1.54, 1.807) is 17.1 Å². The Balaban J connectivity index is 2.07. The summed E-state index contributed by atoms with van der Waals surface area (Å²) >= 11 is 0. The third-order valence-electron chi connectivity index (χ3n) is 2.17. The van der Waals surface area contributed by atoms with E-state index in [-0.39, 0.29) is 6.04 Å². The maximum absolute atomic E-state index is 4.12. The maximum Gasteiger partial charge on any atom is 0.115 e. The lowest BCUT2D eigenvalue weighted by atomic mass is 10.2. The van der Waals surface area contributed by atoms with Gasteiger partial charge in [-0.05, 0) is 6.92 Å². The number of nitrogens with one attached hydrogen (secondary N) is 1. The van der Waals surface area contributed by atoms with E-state index in [4.69, 9.17) is 0 Å². The van der Waals surface area contributed by atoms with Crippen LogP contribution in [0, 0.1) is 0 Å². The number of aryl methyl sites for hydroxylation is 1. The maximum atomic E-state index is 4.12. The zero-order chi connectivity index (χ0) is 10.7. The van der Waals surface area contributed by atoms with Crippen LogP contribution in [-0.4, -0.2) is 19.7 Å². The summed E-state index contributed by atoms with van der Waals surface area (Å²) in [7, 11) is 1.90. The Morgan fingerprint density at radius 2 is 2.00 bits per heavy atom. The molecule has 0 radical (unpaired) electrons. The van der Waals surface area contributed by atoms with Crippen LogP contribution in [0.15, 0.2) is 31.1 Å². The van der Waals surface area contributed by atoms with Crippen LogP contribution in [0.2, 0.25) is 0 Å². The van der Waals surface area contributed by atoms with Crippen LogP contribution in [0.1, 0.15) is 18.5 Å². The van der Waals surface area contributed by atoms with Gasteiger partial charge in [-0.1, -0.05) is 0 Å². The van der Waals surface area contributed by atoms with Crippen molar-refractivity contribution in [1.82, 2.24) is 19.7 Å². The van der Waals surface area contributed by atoms with Crippen molar-refractivity contribution in [2.45, 2.75) is 13.0 Å². The molecule has 2 aromatic heterocycles. The van der Waals surface area contributed by atoms with Gasteiger partial charge in [-0.2, -0.15) is 5.10 Å². The van der Waals surface area contributed by atoms with Gasteiger partial charge >= 0.3 is 0 Å². The SMILES string of the molecule is CC(Nc1cncnc1)c1cnn(C)c1. The molecule has 5 nitrogen and oxygen atoms in total. The van der Waals surface area contributed by atoms with Crippen molar-refractivity contribution >= 4 is 5.69 Å². The van der Waals surface area contributed by atoms with E-state index < -0.39 is 0 Å². The molecule has 0 fully saturated rings. The molecule has 0 bridgehead atoms. The standard InChI is InChI=1S/C10H13N5/c1-8(9-3-13-15(2)6-9)14-10-4-11-7-12-5-10/h3-8,14H,1-2H3. The zero-order valence-electron chi connectivity index (χ0n) is 8.75. The molecule has 0 amide bonds. The molecule has 0 aliphatic rings. The Labute approximate surface area is 88.2 Å². The molecule has 0 saturated carbocycles. The van der Waals surface area contributed by atoms with Gasteiger partial charge in [0.25, 0.3) is 0 Å². The van der Waals surface area contributed by atoms with E-state index in [0.717, 1.165) is 11.3 Å². The Kier molecular flexibility index (Phi) is 2.62. The van der Waals surface area contributed by atoms with Gasteiger partial charge < -0.3 is 5.32 Å². The van der Waals surface area contributed by atoms with Gasteiger partial charge in [-0.25, -0.2) is 9.97 Å². The molecular weight excluding hydrogens is 190 g/mol. The molecule has 0 aliphatic heterocycles. The summed E-state index contributed by atoms with van der Waals surface area (Å²) in [6.45, 7) is 2.07. The van der Waals surface area contributed by atoms with Crippen molar-refractivity contribution in [2.24, 2.45) is 7.05 Å². The van der Waals surface area contributed by atoms with Crippen molar-refractivity contribution in [3.8, 4) is 0 Å². The highest BCUT2D eigenvalue weighted by molar-refractivity contribution is 5.39. The molecule has 1 atom stereocenters. The minimum atomic E-state index is 0.199. The molecule has 0 aliphatic carbocycles. The lowest BCUT2D eigenvalue weighted by Gasteiger charge is -2.12. The zero-order valence-corrected chi connectivity index (χ0v) is 8.75. The molecule has 1 unspecified atom stereocenters. The lowest BCUT2D eigenvalue weighted by molar-refractivity contribution is 0.765. The van der Waals surface area contributed by atoms with E-state index in [0.29, 0.717) is 0 Å². The van der Waals surface area contributed by atoms with E-state index >= 15 is 0 Å². The molecule has 0 spiro atoms. The third-order valence-corrected chi connectivity index (χ3v) is 2.17. The van der Waals surface area contributed by atoms with Gasteiger partial charge in [0, 0.05) is 18.8 Å². The molecule has 2 heterocycles. The van der Waals surface area contributed by atoms with Gasteiger partial charge in [0.05, 0.1) is 30.3 Å². The van der Waals surface area contributed by atoms with E-state index in [1.165, 1.54) is 6.33 Å². The second kappa shape index (κ2) is 4.08. The predicted molar refractivity (Wildman–Crippen MR) is 57.3 cm³/mol. The first-order valence-electron chi connectivity index (χ1n) is 4.76. The smallest absolute Gasteiger partial charge is 0.115 e. The van der Waals surface area contributed by atoms with Crippen LogP contribution in [0.4, 0.5) is 5.69 Å². The fourth-order valence-corrected chi connectivity index (χ4v) is 1.37. The van der Waals surface area contributed by atoms with Crippen molar-refractivity contribution in [2.75, 3.05) is 5.32 Å². The Bertz CT molecular complexity index is 422. The number of rotatable bonds is 3. The molecule has 5 heteroatoms. The molecule has 0 saturated heterocycles. The van der Waals surface area contributed by atoms with Crippen LogP contribution in [0.25, 0.3) is 0 Å². The van der Waals surface area contributed by atoms with Gasteiger partial charge in [-0.3, -0.25) is 4.68 Å². The average molecular weight is 203 g/mol. The first kappa shape index (κ1) is 9.64. The topological polar surface area (TPSA) is 55.6 Å². The van der Waals surface area contributed by atoms with Crippen molar-refractivity contribution in [3.63, 3.8) is 0 Å². The Hall–Kier alpha value is -1.91. The molecular formula is C10H13N5. The fourth-order valence-electron chi connectivity index (χ4n) is 1.37. The second-order valence-electron chi connectivity index (χ2n) is 3.44. The summed E-state index contributed by atoms with van der Waals surface area (Å²) in [6, 6.07) is 0.199. The molecule has 0 aromatic carbocycles. The van der Waals surface area contributed by atoms with Gasteiger partial charge in [0.2, 0.25) is 0 Å². The third kappa shape index (κ3) is 2.31. The summed E-state index contributed by atoms with van der Waals surface area (Å²) in [5.41, 5.74) is 2.05. The quantitative estimate of drug-likeness (QED) is 0.818. The summed E-state index contributed by atoms with van der Waals surface area (Å²) in [6.07, 6.45) is 8.85. The molecule has 2 aromatic rings.